The number of rotatable bonds is 5. The standard InChI is InChI=1S/C17H21N5O2/c1-4-14-18-13-10-8-7-9-12(13)16-19-21(17(24)22(14)16)11-15(23)20(5-2)6-3/h7-10H,4-6,11H2,1-3H3. The van der Waals surface area contributed by atoms with E-state index >= 15 is 0 Å². The van der Waals surface area contributed by atoms with Crippen LogP contribution < -0.4 is 5.69 Å². The zero-order valence-corrected chi connectivity index (χ0v) is 14.2. The van der Waals surface area contributed by atoms with Crippen molar-refractivity contribution in [2.45, 2.75) is 33.7 Å². The molecule has 24 heavy (non-hydrogen) atoms. The maximum Gasteiger partial charge on any atom is 0.352 e. The maximum atomic E-state index is 12.7. The highest BCUT2D eigenvalue weighted by molar-refractivity contribution is 5.91. The lowest BCUT2D eigenvalue weighted by molar-refractivity contribution is -0.131. The first kappa shape index (κ1) is 16.2. The number of nitrogens with zero attached hydrogens (tertiary/aromatic N) is 5. The molecule has 0 aliphatic carbocycles. The van der Waals surface area contributed by atoms with Crippen LogP contribution >= 0.6 is 0 Å². The minimum atomic E-state index is -0.319. The normalized spacial score (nSPS) is 11.3. The molecule has 0 aliphatic heterocycles. The minimum absolute atomic E-state index is 0.0559. The van der Waals surface area contributed by atoms with Crippen molar-refractivity contribution in [3.05, 3.63) is 40.6 Å². The Bertz CT molecular complexity index is 953. The SMILES string of the molecule is CCc1nc2ccccc2c2nn(CC(=O)N(CC)CC)c(=O)n12. The number of fused-ring (bicyclic) bond motifs is 3. The highest BCUT2D eigenvalue weighted by atomic mass is 16.2. The molecule has 0 aliphatic rings. The van der Waals surface area contributed by atoms with E-state index in [2.05, 4.69) is 10.1 Å². The lowest BCUT2D eigenvalue weighted by Gasteiger charge is -2.17. The average molecular weight is 327 g/mol. The molecule has 2 aromatic heterocycles. The van der Waals surface area contributed by atoms with Gasteiger partial charge in [-0.15, -0.1) is 5.10 Å². The molecule has 7 nitrogen and oxygen atoms in total. The number of carbonyl (C=O) groups is 1. The van der Waals surface area contributed by atoms with Crippen LogP contribution in [0.25, 0.3) is 16.6 Å². The fourth-order valence-electron chi connectivity index (χ4n) is 2.91. The number of hydrogen-bond donors (Lipinski definition) is 0. The highest BCUT2D eigenvalue weighted by Crippen LogP contribution is 2.17. The van der Waals surface area contributed by atoms with E-state index < -0.39 is 0 Å². The molecule has 1 aromatic carbocycles. The van der Waals surface area contributed by atoms with Crippen molar-refractivity contribution in [1.29, 1.82) is 0 Å². The van der Waals surface area contributed by atoms with Crippen LogP contribution in [0.15, 0.2) is 29.1 Å². The van der Waals surface area contributed by atoms with Crippen LogP contribution in [0.2, 0.25) is 0 Å². The van der Waals surface area contributed by atoms with Gasteiger partial charge in [0, 0.05) is 24.9 Å². The maximum absolute atomic E-state index is 12.7. The van der Waals surface area contributed by atoms with E-state index in [9.17, 15) is 9.59 Å². The van der Waals surface area contributed by atoms with E-state index in [0.29, 0.717) is 31.0 Å². The van der Waals surface area contributed by atoms with Crippen molar-refractivity contribution in [3.63, 3.8) is 0 Å². The van der Waals surface area contributed by atoms with Gasteiger partial charge in [-0.3, -0.25) is 4.79 Å². The molecule has 0 bridgehead atoms. The molecule has 0 spiro atoms. The van der Waals surface area contributed by atoms with Crippen LogP contribution in [0.4, 0.5) is 0 Å². The number of para-hydroxylation sites is 1. The number of carbonyl (C=O) groups excluding carboxylic acids is 1. The number of amides is 1. The molecule has 0 fully saturated rings. The molecule has 1 amide bonds. The van der Waals surface area contributed by atoms with Gasteiger partial charge in [-0.05, 0) is 26.0 Å². The van der Waals surface area contributed by atoms with Gasteiger partial charge in [-0.2, -0.15) is 0 Å². The van der Waals surface area contributed by atoms with E-state index in [1.165, 1.54) is 9.08 Å². The molecular weight excluding hydrogens is 306 g/mol. The van der Waals surface area contributed by atoms with Crippen molar-refractivity contribution in [3.8, 4) is 0 Å². The first-order valence-electron chi connectivity index (χ1n) is 8.25. The third-order valence-corrected chi connectivity index (χ3v) is 4.21. The Kier molecular flexibility index (Phi) is 4.33. The number of aryl methyl sites for hydroxylation is 1. The van der Waals surface area contributed by atoms with Gasteiger partial charge in [0.1, 0.15) is 12.4 Å². The van der Waals surface area contributed by atoms with Gasteiger partial charge < -0.3 is 4.90 Å². The lowest BCUT2D eigenvalue weighted by atomic mass is 10.2. The van der Waals surface area contributed by atoms with E-state index in [4.69, 9.17) is 0 Å². The fourth-order valence-corrected chi connectivity index (χ4v) is 2.91. The first-order chi connectivity index (χ1) is 11.6. The predicted octanol–water partition coefficient (Wildman–Crippen LogP) is 1.48. The molecule has 3 aromatic rings. The van der Waals surface area contributed by atoms with Gasteiger partial charge in [0.25, 0.3) is 0 Å². The van der Waals surface area contributed by atoms with Gasteiger partial charge in [0.15, 0.2) is 5.65 Å². The summed E-state index contributed by atoms with van der Waals surface area (Å²) in [7, 11) is 0. The summed E-state index contributed by atoms with van der Waals surface area (Å²) >= 11 is 0. The molecular formula is C17H21N5O2. The van der Waals surface area contributed by atoms with Crippen molar-refractivity contribution < 1.29 is 4.79 Å². The first-order valence-corrected chi connectivity index (χ1v) is 8.25. The van der Waals surface area contributed by atoms with Crippen molar-refractivity contribution in [1.82, 2.24) is 24.1 Å². The van der Waals surface area contributed by atoms with Crippen molar-refractivity contribution >= 4 is 22.5 Å². The van der Waals surface area contributed by atoms with Crippen LogP contribution in [0.5, 0.6) is 0 Å². The van der Waals surface area contributed by atoms with Crippen LogP contribution in [-0.4, -0.2) is 43.1 Å². The van der Waals surface area contributed by atoms with Crippen LogP contribution in [-0.2, 0) is 17.8 Å². The summed E-state index contributed by atoms with van der Waals surface area (Å²) in [5.74, 6) is 0.538. The minimum Gasteiger partial charge on any atom is -0.342 e. The molecule has 0 atom stereocenters. The second-order valence-electron chi connectivity index (χ2n) is 5.56. The third kappa shape index (κ3) is 2.55. The summed E-state index contributed by atoms with van der Waals surface area (Å²) in [4.78, 5) is 31.3. The number of hydrogen-bond acceptors (Lipinski definition) is 4. The molecule has 7 heteroatoms. The van der Waals surface area contributed by atoms with Crippen molar-refractivity contribution in [2.24, 2.45) is 0 Å². The zero-order chi connectivity index (χ0) is 17.3. The second kappa shape index (κ2) is 6.43. The number of aromatic nitrogens is 4. The van der Waals surface area contributed by atoms with E-state index in [1.54, 1.807) is 4.90 Å². The monoisotopic (exact) mass is 327 g/mol. The smallest absolute Gasteiger partial charge is 0.342 e. The van der Waals surface area contributed by atoms with Crippen LogP contribution in [0, 0.1) is 0 Å². The number of benzene rings is 1. The Morgan fingerprint density at radius 3 is 2.54 bits per heavy atom. The van der Waals surface area contributed by atoms with Crippen LogP contribution in [0.3, 0.4) is 0 Å². The Morgan fingerprint density at radius 1 is 1.17 bits per heavy atom. The summed E-state index contributed by atoms with van der Waals surface area (Å²) in [5, 5.41) is 5.23. The molecule has 3 rings (SSSR count). The summed E-state index contributed by atoms with van der Waals surface area (Å²) in [6, 6.07) is 7.59. The fraction of sp³-hybridized carbons (Fsp3) is 0.412. The topological polar surface area (TPSA) is 72.5 Å². The van der Waals surface area contributed by atoms with E-state index in [-0.39, 0.29) is 18.1 Å². The molecule has 126 valence electrons. The highest BCUT2D eigenvalue weighted by Gasteiger charge is 2.18. The molecule has 0 unspecified atom stereocenters. The van der Waals surface area contributed by atoms with Gasteiger partial charge in [-0.25, -0.2) is 18.9 Å². The van der Waals surface area contributed by atoms with Gasteiger partial charge in [0.2, 0.25) is 5.91 Å². The molecule has 0 saturated heterocycles. The lowest BCUT2D eigenvalue weighted by Crippen LogP contribution is -2.36. The Morgan fingerprint density at radius 2 is 1.88 bits per heavy atom. The Labute approximate surface area is 139 Å². The predicted molar refractivity (Wildman–Crippen MR) is 92.1 cm³/mol. The van der Waals surface area contributed by atoms with E-state index in [0.717, 1.165) is 10.9 Å². The van der Waals surface area contributed by atoms with E-state index in [1.807, 2.05) is 45.0 Å². The van der Waals surface area contributed by atoms with Crippen LogP contribution in [0.1, 0.15) is 26.6 Å². The van der Waals surface area contributed by atoms with Gasteiger partial charge in [-0.1, -0.05) is 19.1 Å². The largest absolute Gasteiger partial charge is 0.352 e. The van der Waals surface area contributed by atoms with Crippen molar-refractivity contribution in [2.75, 3.05) is 13.1 Å². The Balaban J connectivity index is 2.18. The van der Waals surface area contributed by atoms with Gasteiger partial charge in [0.05, 0.1) is 5.52 Å². The number of likely N-dealkylation sites (N-methyl/N-ethyl adjacent to an activating group) is 1. The second-order valence-corrected chi connectivity index (χ2v) is 5.56. The zero-order valence-electron chi connectivity index (χ0n) is 14.2. The molecule has 0 saturated carbocycles. The van der Waals surface area contributed by atoms with Gasteiger partial charge >= 0.3 is 5.69 Å². The summed E-state index contributed by atoms with van der Waals surface area (Å²) in [6.07, 6.45) is 0.608. The molecule has 0 radical (unpaired) electrons. The molecule has 0 N–H and O–H groups in total. The summed E-state index contributed by atoms with van der Waals surface area (Å²) < 4.78 is 2.75. The third-order valence-electron chi connectivity index (χ3n) is 4.21. The molecule has 2 heterocycles. The summed E-state index contributed by atoms with van der Waals surface area (Å²) in [6.45, 7) is 6.95. The summed E-state index contributed by atoms with van der Waals surface area (Å²) in [5.41, 5.74) is 1.03. The quantitative estimate of drug-likeness (QED) is 0.711. The average Bonchev–Trinajstić information content (AvgIpc) is 2.92. The Hall–Kier alpha value is -2.70.